The molecule has 0 radical (unpaired) electrons. The number of carbonyl (C=O) groups excluding carboxylic acids is 1. The third kappa shape index (κ3) is 4.90. The largest absolute Gasteiger partial charge is 0.488 e. The molecule has 0 unspecified atom stereocenters. The minimum absolute atomic E-state index is 0.189. The van der Waals surface area contributed by atoms with Gasteiger partial charge in [-0.2, -0.15) is 5.10 Å². The van der Waals surface area contributed by atoms with Crippen LogP contribution in [0.25, 0.3) is 21.7 Å². The molecule has 1 N–H and O–H groups in total. The average molecular weight is 578 g/mol. The van der Waals surface area contributed by atoms with E-state index in [1.165, 1.54) is 0 Å². The molecule has 5 rings (SSSR count). The number of rotatable bonds is 6. The molecule has 0 aliphatic carbocycles. The third-order valence-corrected chi connectivity index (χ3v) is 6.26. The Labute approximate surface area is 212 Å². The SMILES string of the molecule is O=C(N/N=C\c1c(OCc2cccc(Br)c2)ccc2ccccc12)c1cc2cc(Br)ccc2o1. The van der Waals surface area contributed by atoms with Gasteiger partial charge in [-0.1, -0.05) is 74.3 Å². The summed E-state index contributed by atoms with van der Waals surface area (Å²) >= 11 is 6.91. The second-order valence-corrected chi connectivity index (χ2v) is 9.44. The van der Waals surface area contributed by atoms with Crippen molar-refractivity contribution in [2.45, 2.75) is 6.61 Å². The summed E-state index contributed by atoms with van der Waals surface area (Å²) in [4.78, 5) is 12.6. The van der Waals surface area contributed by atoms with Gasteiger partial charge >= 0.3 is 5.91 Å². The minimum atomic E-state index is -0.430. The summed E-state index contributed by atoms with van der Waals surface area (Å²) in [5.74, 6) is 0.431. The highest BCUT2D eigenvalue weighted by atomic mass is 79.9. The first-order valence-corrected chi connectivity index (χ1v) is 12.1. The van der Waals surface area contributed by atoms with Crippen molar-refractivity contribution in [3.63, 3.8) is 0 Å². The zero-order valence-electron chi connectivity index (χ0n) is 17.8. The molecule has 4 aromatic carbocycles. The molecule has 0 spiro atoms. The summed E-state index contributed by atoms with van der Waals surface area (Å²) in [7, 11) is 0. The molecule has 0 fully saturated rings. The van der Waals surface area contributed by atoms with Crippen molar-refractivity contribution in [2.75, 3.05) is 0 Å². The Bertz CT molecular complexity index is 1540. The summed E-state index contributed by atoms with van der Waals surface area (Å²) in [6, 6.07) is 27.1. The summed E-state index contributed by atoms with van der Waals surface area (Å²) in [5, 5.41) is 7.06. The fraction of sp³-hybridized carbons (Fsp3) is 0.0370. The van der Waals surface area contributed by atoms with E-state index >= 15 is 0 Å². The molecule has 0 aliphatic rings. The lowest BCUT2D eigenvalue weighted by Gasteiger charge is -2.12. The predicted octanol–water partition coefficient (Wildman–Crippen LogP) is 7.45. The number of ether oxygens (including phenoxy) is 1. The van der Waals surface area contributed by atoms with Crippen LogP contribution in [0.4, 0.5) is 0 Å². The number of furan rings is 1. The normalized spacial score (nSPS) is 11.4. The van der Waals surface area contributed by atoms with Crippen molar-refractivity contribution < 1.29 is 13.9 Å². The molecule has 5 aromatic rings. The molecule has 5 nitrogen and oxygen atoms in total. The number of benzene rings is 4. The zero-order chi connectivity index (χ0) is 23.5. The topological polar surface area (TPSA) is 63.8 Å². The van der Waals surface area contributed by atoms with Crippen molar-refractivity contribution in [3.05, 3.63) is 111 Å². The number of hydrogen-bond donors (Lipinski definition) is 1. The molecule has 0 aliphatic heterocycles. The fourth-order valence-electron chi connectivity index (χ4n) is 3.66. The van der Waals surface area contributed by atoms with Crippen molar-refractivity contribution in [1.82, 2.24) is 5.43 Å². The van der Waals surface area contributed by atoms with Crippen LogP contribution < -0.4 is 10.2 Å². The van der Waals surface area contributed by atoms with Crippen LogP contribution in [0.3, 0.4) is 0 Å². The van der Waals surface area contributed by atoms with E-state index in [1.807, 2.05) is 78.9 Å². The van der Waals surface area contributed by atoms with Gasteiger partial charge < -0.3 is 9.15 Å². The number of halogens is 2. The van der Waals surface area contributed by atoms with Crippen LogP contribution >= 0.6 is 31.9 Å². The maximum atomic E-state index is 12.6. The highest BCUT2D eigenvalue weighted by Crippen LogP contribution is 2.28. The monoisotopic (exact) mass is 576 g/mol. The molecule has 34 heavy (non-hydrogen) atoms. The van der Waals surface area contributed by atoms with Crippen molar-refractivity contribution in [2.24, 2.45) is 5.10 Å². The van der Waals surface area contributed by atoms with Crippen LogP contribution in [-0.2, 0) is 6.61 Å². The molecule has 0 saturated carbocycles. The Morgan fingerprint density at radius 2 is 1.76 bits per heavy atom. The Morgan fingerprint density at radius 3 is 2.65 bits per heavy atom. The van der Waals surface area contributed by atoms with E-state index in [4.69, 9.17) is 9.15 Å². The van der Waals surface area contributed by atoms with E-state index in [-0.39, 0.29) is 5.76 Å². The molecule has 0 saturated heterocycles. The van der Waals surface area contributed by atoms with E-state index < -0.39 is 5.91 Å². The van der Waals surface area contributed by atoms with Crippen LogP contribution in [0.1, 0.15) is 21.7 Å². The van der Waals surface area contributed by atoms with Crippen molar-refractivity contribution in [1.29, 1.82) is 0 Å². The van der Waals surface area contributed by atoms with E-state index in [2.05, 4.69) is 42.4 Å². The second-order valence-electron chi connectivity index (χ2n) is 7.61. The molecule has 0 atom stereocenters. The van der Waals surface area contributed by atoms with Gasteiger partial charge in [0.1, 0.15) is 17.9 Å². The van der Waals surface area contributed by atoms with Crippen LogP contribution in [0.2, 0.25) is 0 Å². The Hall–Kier alpha value is -3.42. The highest BCUT2D eigenvalue weighted by Gasteiger charge is 2.13. The number of carbonyl (C=O) groups is 1. The Morgan fingerprint density at radius 1 is 0.912 bits per heavy atom. The summed E-state index contributed by atoms with van der Waals surface area (Å²) < 4.78 is 13.7. The Balaban J connectivity index is 1.39. The number of hydrogen-bond acceptors (Lipinski definition) is 4. The van der Waals surface area contributed by atoms with Crippen molar-refractivity contribution >= 4 is 65.7 Å². The highest BCUT2D eigenvalue weighted by molar-refractivity contribution is 9.10. The second kappa shape index (κ2) is 9.83. The summed E-state index contributed by atoms with van der Waals surface area (Å²) in [6.45, 7) is 0.402. The lowest BCUT2D eigenvalue weighted by molar-refractivity contribution is 0.0929. The van der Waals surface area contributed by atoms with Crippen molar-refractivity contribution in [3.8, 4) is 5.75 Å². The maximum Gasteiger partial charge on any atom is 0.307 e. The number of hydrazone groups is 1. The van der Waals surface area contributed by atoms with E-state index in [0.29, 0.717) is 17.9 Å². The van der Waals surface area contributed by atoms with Crippen LogP contribution in [-0.4, -0.2) is 12.1 Å². The standard InChI is InChI=1S/C27H18Br2N2O3/c28-20-6-3-4-17(12-20)16-33-25-10-8-18-5-1-2-7-22(18)23(25)15-30-31-27(32)26-14-19-13-21(29)9-11-24(19)34-26/h1-15H,16H2,(H,31,32)/b30-15-. The molecule has 0 bridgehead atoms. The first-order chi connectivity index (χ1) is 16.6. The number of fused-ring (bicyclic) bond motifs is 2. The van der Waals surface area contributed by atoms with Gasteiger partial charge in [-0.3, -0.25) is 4.79 Å². The molecule has 1 aromatic heterocycles. The molecule has 1 amide bonds. The molecule has 1 heterocycles. The van der Waals surface area contributed by atoms with Crippen LogP contribution in [0, 0.1) is 0 Å². The minimum Gasteiger partial charge on any atom is -0.488 e. The third-order valence-electron chi connectivity index (χ3n) is 5.28. The van der Waals surface area contributed by atoms with E-state index in [0.717, 1.165) is 36.2 Å². The van der Waals surface area contributed by atoms with Gasteiger partial charge in [-0.25, -0.2) is 5.43 Å². The van der Waals surface area contributed by atoms with E-state index in [9.17, 15) is 4.79 Å². The van der Waals surface area contributed by atoms with Gasteiger partial charge in [0, 0.05) is 19.9 Å². The van der Waals surface area contributed by atoms with Gasteiger partial charge in [-0.05, 0) is 58.8 Å². The molecular formula is C27H18Br2N2O3. The lowest BCUT2D eigenvalue weighted by atomic mass is 10.0. The van der Waals surface area contributed by atoms with Gasteiger partial charge in [0.25, 0.3) is 0 Å². The number of nitrogens with one attached hydrogen (secondary N) is 1. The van der Waals surface area contributed by atoms with E-state index in [1.54, 1.807) is 12.3 Å². The predicted molar refractivity (Wildman–Crippen MR) is 141 cm³/mol. The van der Waals surface area contributed by atoms with Crippen LogP contribution in [0.15, 0.2) is 103 Å². The maximum absolute atomic E-state index is 12.6. The zero-order valence-corrected chi connectivity index (χ0v) is 21.0. The number of amides is 1. The van der Waals surface area contributed by atoms with Gasteiger partial charge in [-0.15, -0.1) is 0 Å². The molecule has 7 heteroatoms. The molecular weight excluding hydrogens is 560 g/mol. The van der Waals surface area contributed by atoms with Gasteiger partial charge in [0.15, 0.2) is 5.76 Å². The quantitative estimate of drug-likeness (QED) is 0.168. The first kappa shape index (κ1) is 22.4. The average Bonchev–Trinajstić information content (AvgIpc) is 3.26. The smallest absolute Gasteiger partial charge is 0.307 e. The van der Waals surface area contributed by atoms with Gasteiger partial charge in [0.05, 0.1) is 6.21 Å². The van der Waals surface area contributed by atoms with Crippen LogP contribution in [0.5, 0.6) is 5.75 Å². The lowest BCUT2D eigenvalue weighted by Crippen LogP contribution is -2.16. The first-order valence-electron chi connectivity index (χ1n) is 10.5. The molecule has 168 valence electrons. The summed E-state index contributed by atoms with van der Waals surface area (Å²) in [5.41, 5.74) is 5.01. The summed E-state index contributed by atoms with van der Waals surface area (Å²) in [6.07, 6.45) is 1.61. The van der Waals surface area contributed by atoms with Gasteiger partial charge in [0.2, 0.25) is 0 Å². The fourth-order valence-corrected chi connectivity index (χ4v) is 4.48. The number of nitrogens with zero attached hydrogens (tertiary/aromatic N) is 1. The Kier molecular flexibility index (Phi) is 6.47.